The zero-order valence-corrected chi connectivity index (χ0v) is 17.9. The number of nitrogens with zero attached hydrogens (tertiary/aromatic N) is 1. The minimum absolute atomic E-state index is 0. The van der Waals surface area contributed by atoms with Gasteiger partial charge in [0.2, 0.25) is 0 Å². The quantitative estimate of drug-likeness (QED) is 0.341. The fraction of sp³-hybridized carbons (Fsp3) is 0.611. The molecule has 1 aliphatic heterocycles. The van der Waals surface area contributed by atoms with Crippen molar-refractivity contribution in [1.29, 1.82) is 0 Å². The van der Waals surface area contributed by atoms with Gasteiger partial charge in [-0.2, -0.15) is 13.2 Å². The van der Waals surface area contributed by atoms with Gasteiger partial charge in [-0.1, -0.05) is 24.3 Å². The standard InChI is InChI=1S/C18H26F3N3O2.HI/c1-17(7-4-8-26-17)12-24-16(22-2)23-10-14-5-3-6-15(9-14)11-25-13-18(19,20)21;/h3,5-6,9H,4,7-8,10-13H2,1-2H3,(H2,22,23,24);1H. The summed E-state index contributed by atoms with van der Waals surface area (Å²) in [6, 6.07) is 7.26. The SMILES string of the molecule is CN=C(NCc1cccc(COCC(F)(F)F)c1)NCC1(C)CCCO1.I. The summed E-state index contributed by atoms with van der Waals surface area (Å²) in [7, 11) is 1.69. The third-order valence-electron chi connectivity index (χ3n) is 4.14. The van der Waals surface area contributed by atoms with Crippen LogP contribution in [0.5, 0.6) is 0 Å². The number of aliphatic imine (C=N–C) groups is 1. The first-order chi connectivity index (χ1) is 12.3. The number of rotatable bonds is 7. The van der Waals surface area contributed by atoms with E-state index in [1.54, 1.807) is 19.2 Å². The second-order valence-corrected chi connectivity index (χ2v) is 6.61. The maximum Gasteiger partial charge on any atom is 0.411 e. The zero-order chi connectivity index (χ0) is 19.0. The Balaban J connectivity index is 0.00000364. The van der Waals surface area contributed by atoms with Crippen LogP contribution in [0.25, 0.3) is 0 Å². The Morgan fingerprint density at radius 2 is 2.04 bits per heavy atom. The molecule has 1 fully saturated rings. The van der Waals surface area contributed by atoms with Crippen molar-refractivity contribution in [2.45, 2.75) is 44.7 Å². The van der Waals surface area contributed by atoms with Crippen molar-refractivity contribution in [3.05, 3.63) is 35.4 Å². The van der Waals surface area contributed by atoms with Crippen LogP contribution in [0.3, 0.4) is 0 Å². The summed E-state index contributed by atoms with van der Waals surface area (Å²) in [6.07, 6.45) is -2.23. The molecule has 1 aliphatic rings. The maximum atomic E-state index is 12.1. The summed E-state index contributed by atoms with van der Waals surface area (Å²) in [5, 5.41) is 6.45. The molecule has 0 spiro atoms. The van der Waals surface area contributed by atoms with E-state index in [4.69, 9.17) is 9.47 Å². The molecule has 154 valence electrons. The lowest BCUT2D eigenvalue weighted by Crippen LogP contribution is -2.45. The first kappa shape index (κ1) is 24.0. The molecule has 1 aromatic carbocycles. The van der Waals surface area contributed by atoms with Crippen LogP contribution in [0.4, 0.5) is 13.2 Å². The number of ether oxygens (including phenoxy) is 2. The third-order valence-corrected chi connectivity index (χ3v) is 4.14. The first-order valence-electron chi connectivity index (χ1n) is 8.60. The highest BCUT2D eigenvalue weighted by Gasteiger charge is 2.29. The summed E-state index contributed by atoms with van der Waals surface area (Å²) < 4.78 is 46.8. The lowest BCUT2D eigenvalue weighted by atomic mass is 10.0. The molecule has 27 heavy (non-hydrogen) atoms. The molecular weight excluding hydrogens is 474 g/mol. The average molecular weight is 501 g/mol. The first-order valence-corrected chi connectivity index (χ1v) is 8.60. The number of hydrogen-bond donors (Lipinski definition) is 2. The molecule has 5 nitrogen and oxygen atoms in total. The highest BCUT2D eigenvalue weighted by Crippen LogP contribution is 2.23. The van der Waals surface area contributed by atoms with E-state index in [1.165, 1.54) is 0 Å². The minimum Gasteiger partial charge on any atom is -0.373 e. The van der Waals surface area contributed by atoms with Crippen LogP contribution in [0.1, 0.15) is 30.9 Å². The van der Waals surface area contributed by atoms with Crippen molar-refractivity contribution in [3.8, 4) is 0 Å². The Morgan fingerprint density at radius 1 is 1.30 bits per heavy atom. The van der Waals surface area contributed by atoms with Gasteiger partial charge >= 0.3 is 6.18 Å². The van der Waals surface area contributed by atoms with E-state index in [0.29, 0.717) is 24.6 Å². The molecule has 0 amide bonds. The van der Waals surface area contributed by atoms with Gasteiger partial charge in [0.05, 0.1) is 12.2 Å². The van der Waals surface area contributed by atoms with Crippen LogP contribution in [-0.4, -0.2) is 44.5 Å². The number of nitrogens with one attached hydrogen (secondary N) is 2. The summed E-state index contributed by atoms with van der Waals surface area (Å²) in [4.78, 5) is 4.18. The average Bonchev–Trinajstić information content (AvgIpc) is 3.01. The van der Waals surface area contributed by atoms with E-state index >= 15 is 0 Å². The van der Waals surface area contributed by atoms with Gasteiger partial charge in [0, 0.05) is 26.7 Å². The molecule has 0 saturated carbocycles. The Labute approximate surface area is 175 Å². The van der Waals surface area contributed by atoms with Crippen LogP contribution in [0.2, 0.25) is 0 Å². The van der Waals surface area contributed by atoms with Crippen LogP contribution in [0.15, 0.2) is 29.3 Å². The predicted octanol–water partition coefficient (Wildman–Crippen LogP) is 3.62. The van der Waals surface area contributed by atoms with Gasteiger partial charge in [-0.15, -0.1) is 24.0 Å². The third kappa shape index (κ3) is 9.11. The van der Waals surface area contributed by atoms with Crippen molar-refractivity contribution in [2.24, 2.45) is 4.99 Å². The summed E-state index contributed by atoms with van der Waals surface area (Å²) in [5.74, 6) is 0.653. The van der Waals surface area contributed by atoms with Crippen LogP contribution >= 0.6 is 24.0 Å². The van der Waals surface area contributed by atoms with E-state index < -0.39 is 12.8 Å². The van der Waals surface area contributed by atoms with Gasteiger partial charge in [0.1, 0.15) is 6.61 Å². The molecule has 2 N–H and O–H groups in total. The molecule has 0 aromatic heterocycles. The number of alkyl halides is 3. The normalized spacial score (nSPS) is 20.3. The molecule has 0 bridgehead atoms. The van der Waals surface area contributed by atoms with E-state index in [2.05, 4.69) is 22.5 Å². The van der Waals surface area contributed by atoms with Crippen LogP contribution in [-0.2, 0) is 22.6 Å². The second-order valence-electron chi connectivity index (χ2n) is 6.61. The highest BCUT2D eigenvalue weighted by molar-refractivity contribution is 14.0. The molecule has 0 aliphatic carbocycles. The molecular formula is C18H27F3IN3O2. The minimum atomic E-state index is -4.31. The fourth-order valence-corrected chi connectivity index (χ4v) is 2.77. The van der Waals surface area contributed by atoms with Crippen LogP contribution < -0.4 is 10.6 Å². The molecule has 9 heteroatoms. The number of hydrogen-bond acceptors (Lipinski definition) is 3. The topological polar surface area (TPSA) is 54.9 Å². The van der Waals surface area contributed by atoms with E-state index in [9.17, 15) is 13.2 Å². The molecule has 1 atom stereocenters. The predicted molar refractivity (Wildman–Crippen MR) is 109 cm³/mol. The van der Waals surface area contributed by atoms with E-state index in [-0.39, 0.29) is 36.2 Å². The number of halogens is 4. The van der Waals surface area contributed by atoms with Gasteiger partial charge in [-0.25, -0.2) is 0 Å². The largest absolute Gasteiger partial charge is 0.411 e. The zero-order valence-electron chi connectivity index (χ0n) is 15.6. The van der Waals surface area contributed by atoms with Crippen molar-refractivity contribution >= 4 is 29.9 Å². The summed E-state index contributed by atoms with van der Waals surface area (Å²) >= 11 is 0. The Hall–Kier alpha value is -1.07. The highest BCUT2D eigenvalue weighted by atomic mass is 127. The molecule has 0 radical (unpaired) electrons. The van der Waals surface area contributed by atoms with Gasteiger partial charge in [0.15, 0.2) is 5.96 Å². The second kappa shape index (κ2) is 11.1. The van der Waals surface area contributed by atoms with Crippen LogP contribution in [0, 0.1) is 0 Å². The van der Waals surface area contributed by atoms with Crippen molar-refractivity contribution in [3.63, 3.8) is 0 Å². The van der Waals surface area contributed by atoms with Crippen molar-refractivity contribution in [1.82, 2.24) is 10.6 Å². The fourth-order valence-electron chi connectivity index (χ4n) is 2.77. The summed E-state index contributed by atoms with van der Waals surface area (Å²) in [5.41, 5.74) is 1.46. The van der Waals surface area contributed by atoms with Gasteiger partial charge in [-0.05, 0) is 30.9 Å². The van der Waals surface area contributed by atoms with Crippen molar-refractivity contribution < 1.29 is 22.6 Å². The van der Waals surface area contributed by atoms with E-state index in [1.807, 2.05) is 12.1 Å². The Bertz CT molecular complexity index is 606. The monoisotopic (exact) mass is 501 g/mol. The molecule has 1 unspecified atom stereocenters. The lowest BCUT2D eigenvalue weighted by molar-refractivity contribution is -0.176. The van der Waals surface area contributed by atoms with Gasteiger partial charge in [0.25, 0.3) is 0 Å². The maximum absolute atomic E-state index is 12.1. The van der Waals surface area contributed by atoms with Crippen molar-refractivity contribution in [2.75, 3.05) is 26.8 Å². The molecule has 1 saturated heterocycles. The molecule has 1 aromatic rings. The Morgan fingerprint density at radius 3 is 2.67 bits per heavy atom. The van der Waals surface area contributed by atoms with E-state index in [0.717, 1.165) is 25.0 Å². The number of benzene rings is 1. The number of guanidine groups is 1. The smallest absolute Gasteiger partial charge is 0.373 e. The Kier molecular flexibility index (Phi) is 9.82. The molecule has 2 rings (SSSR count). The lowest BCUT2D eigenvalue weighted by Gasteiger charge is -2.24. The van der Waals surface area contributed by atoms with Gasteiger partial charge < -0.3 is 20.1 Å². The summed E-state index contributed by atoms with van der Waals surface area (Å²) in [6.45, 7) is 2.71. The van der Waals surface area contributed by atoms with Gasteiger partial charge in [-0.3, -0.25) is 4.99 Å². The molecule has 1 heterocycles.